The van der Waals surface area contributed by atoms with E-state index in [2.05, 4.69) is 15.0 Å². The summed E-state index contributed by atoms with van der Waals surface area (Å²) in [5, 5.41) is -0.692. The summed E-state index contributed by atoms with van der Waals surface area (Å²) in [5.74, 6) is 0.165. The van der Waals surface area contributed by atoms with Gasteiger partial charge in [-0.2, -0.15) is 0 Å². The van der Waals surface area contributed by atoms with Gasteiger partial charge in [-0.05, 0) is 25.7 Å². The van der Waals surface area contributed by atoms with Gasteiger partial charge in [-0.1, -0.05) is 0 Å². The minimum absolute atomic E-state index is 0.0472. The van der Waals surface area contributed by atoms with E-state index in [4.69, 9.17) is 0 Å². The third-order valence-corrected chi connectivity index (χ3v) is 7.58. The molecule has 0 N–H and O–H groups in total. The summed E-state index contributed by atoms with van der Waals surface area (Å²) in [5.41, 5.74) is 0.442. The molecule has 2 aromatic rings. The molecule has 2 saturated heterocycles. The first kappa shape index (κ1) is 14.5. The molecule has 2 fully saturated rings. The van der Waals surface area contributed by atoms with E-state index < -0.39 is 9.84 Å². The highest BCUT2D eigenvalue weighted by molar-refractivity contribution is 7.93. The Hall–Kier alpha value is -2.09. The van der Waals surface area contributed by atoms with Gasteiger partial charge < -0.3 is 0 Å². The molecule has 8 heteroatoms. The molecular weight excluding hydrogens is 316 g/mol. The van der Waals surface area contributed by atoms with Gasteiger partial charge in [0, 0.05) is 30.7 Å². The van der Waals surface area contributed by atoms with Gasteiger partial charge in [0.1, 0.15) is 6.33 Å². The van der Waals surface area contributed by atoms with Gasteiger partial charge in [0.15, 0.2) is 15.6 Å². The minimum Gasteiger partial charge on any atom is -0.294 e. The molecule has 120 valence electrons. The van der Waals surface area contributed by atoms with Crippen LogP contribution in [0, 0.1) is 5.92 Å². The lowest BCUT2D eigenvalue weighted by Crippen LogP contribution is -2.36. The predicted molar refractivity (Wildman–Crippen MR) is 81.9 cm³/mol. The number of aromatic nitrogens is 4. The number of imidazole rings is 1. The van der Waals surface area contributed by atoms with Gasteiger partial charge in [-0.3, -0.25) is 9.36 Å². The normalized spacial score (nSPS) is 28.6. The van der Waals surface area contributed by atoms with Crippen molar-refractivity contribution in [3.05, 3.63) is 36.7 Å². The monoisotopic (exact) mass is 332 g/mol. The topological polar surface area (TPSA) is 94.8 Å². The van der Waals surface area contributed by atoms with Crippen molar-refractivity contribution >= 4 is 15.6 Å². The first-order valence-electron chi connectivity index (χ1n) is 7.63. The molecule has 2 atom stereocenters. The molecule has 0 aliphatic carbocycles. The molecule has 2 aliphatic heterocycles. The summed E-state index contributed by atoms with van der Waals surface area (Å²) < 4.78 is 25.9. The van der Waals surface area contributed by atoms with Crippen molar-refractivity contribution in [2.45, 2.75) is 36.2 Å². The minimum atomic E-state index is -3.01. The molecule has 4 heterocycles. The second kappa shape index (κ2) is 5.23. The van der Waals surface area contributed by atoms with Gasteiger partial charge in [0.2, 0.25) is 5.95 Å². The number of carbonyl (C=O) groups is 1. The lowest BCUT2D eigenvalue weighted by atomic mass is 9.91. The van der Waals surface area contributed by atoms with Crippen molar-refractivity contribution in [2.75, 3.05) is 0 Å². The zero-order chi connectivity index (χ0) is 16.0. The number of fused-ring (bicyclic) bond motifs is 2. The van der Waals surface area contributed by atoms with Crippen LogP contribution in [0.1, 0.15) is 36.0 Å². The summed E-state index contributed by atoms with van der Waals surface area (Å²) in [7, 11) is -3.01. The summed E-state index contributed by atoms with van der Waals surface area (Å²) in [4.78, 5) is 24.9. The molecule has 23 heavy (non-hydrogen) atoms. The van der Waals surface area contributed by atoms with Crippen LogP contribution in [0.15, 0.2) is 31.1 Å². The van der Waals surface area contributed by atoms with E-state index in [1.807, 2.05) is 0 Å². The quantitative estimate of drug-likeness (QED) is 0.784. The molecule has 7 nitrogen and oxygen atoms in total. The zero-order valence-corrected chi connectivity index (χ0v) is 13.2. The fourth-order valence-corrected chi connectivity index (χ4v) is 6.09. The van der Waals surface area contributed by atoms with E-state index in [0.29, 0.717) is 37.2 Å². The van der Waals surface area contributed by atoms with Crippen LogP contribution < -0.4 is 0 Å². The van der Waals surface area contributed by atoms with E-state index in [-0.39, 0.29) is 22.2 Å². The molecule has 2 aliphatic rings. The van der Waals surface area contributed by atoms with E-state index in [9.17, 15) is 13.2 Å². The maximum Gasteiger partial charge on any atom is 0.234 e. The zero-order valence-electron chi connectivity index (χ0n) is 12.4. The Balaban J connectivity index is 1.54. The Bertz CT molecular complexity index is 810. The van der Waals surface area contributed by atoms with Crippen molar-refractivity contribution < 1.29 is 13.2 Å². The number of sulfone groups is 1. The van der Waals surface area contributed by atoms with Crippen molar-refractivity contribution in [1.82, 2.24) is 19.5 Å². The third-order valence-electron chi connectivity index (χ3n) is 4.86. The number of Topliss-reactive ketones (excluding diaryl/α,β-unsaturated/α-hetero) is 1. The number of nitrogens with zero attached hydrogens (tertiary/aromatic N) is 4. The average molecular weight is 332 g/mol. The predicted octanol–water partition coefficient (Wildman–Crippen LogP) is 1.20. The molecule has 4 rings (SSSR count). The van der Waals surface area contributed by atoms with Crippen LogP contribution in [0.25, 0.3) is 5.95 Å². The highest BCUT2D eigenvalue weighted by Crippen LogP contribution is 2.42. The second-order valence-corrected chi connectivity index (χ2v) is 8.70. The Kier molecular flexibility index (Phi) is 3.29. The Morgan fingerprint density at radius 1 is 1.13 bits per heavy atom. The Labute approximate surface area is 133 Å². The molecular formula is C15H16N4O3S. The maximum absolute atomic E-state index is 12.6. The van der Waals surface area contributed by atoms with Crippen molar-refractivity contribution in [3.8, 4) is 5.95 Å². The van der Waals surface area contributed by atoms with Gasteiger partial charge in [-0.15, -0.1) is 0 Å². The van der Waals surface area contributed by atoms with Crippen LogP contribution in [-0.4, -0.2) is 44.2 Å². The summed E-state index contributed by atoms with van der Waals surface area (Å²) in [6.07, 6.45) is 10.2. The van der Waals surface area contributed by atoms with Crippen LogP contribution in [0.2, 0.25) is 0 Å². The standard InChI is InChI=1S/C15H16N4O3S/c20-14(10-5-12-1-2-13(6-10)23(12,21)22)11-7-17-15(18-8-11)19-4-3-16-9-19/h3-4,7-10,12-13H,1-2,5-6H2. The molecule has 0 spiro atoms. The van der Waals surface area contributed by atoms with Crippen LogP contribution in [-0.2, 0) is 9.84 Å². The summed E-state index contributed by atoms with van der Waals surface area (Å²) in [6, 6.07) is 0. The number of hydrogen-bond acceptors (Lipinski definition) is 6. The van der Waals surface area contributed by atoms with Crippen LogP contribution >= 0.6 is 0 Å². The molecule has 2 aromatic heterocycles. The second-order valence-electron chi connectivity index (χ2n) is 6.18. The number of hydrogen-bond donors (Lipinski definition) is 0. The van der Waals surface area contributed by atoms with Gasteiger partial charge >= 0.3 is 0 Å². The largest absolute Gasteiger partial charge is 0.294 e. The average Bonchev–Trinajstić information content (AvgIpc) is 3.09. The van der Waals surface area contributed by atoms with E-state index in [1.165, 1.54) is 12.4 Å². The van der Waals surface area contributed by atoms with Crippen molar-refractivity contribution in [1.29, 1.82) is 0 Å². The fourth-order valence-electron chi connectivity index (χ4n) is 3.62. The highest BCUT2D eigenvalue weighted by Gasteiger charge is 2.48. The van der Waals surface area contributed by atoms with Crippen molar-refractivity contribution in [2.24, 2.45) is 5.92 Å². The van der Waals surface area contributed by atoms with Crippen molar-refractivity contribution in [3.63, 3.8) is 0 Å². The number of ketones is 1. The van der Waals surface area contributed by atoms with Crippen LogP contribution in [0.5, 0.6) is 0 Å². The summed E-state index contributed by atoms with van der Waals surface area (Å²) in [6.45, 7) is 0. The molecule has 0 aromatic carbocycles. The Morgan fingerprint density at radius 3 is 2.35 bits per heavy atom. The number of rotatable bonds is 3. The van der Waals surface area contributed by atoms with Gasteiger partial charge in [-0.25, -0.2) is 23.4 Å². The first-order valence-corrected chi connectivity index (χ1v) is 9.24. The van der Waals surface area contributed by atoms with Gasteiger partial charge in [0.25, 0.3) is 0 Å². The molecule has 0 amide bonds. The molecule has 0 saturated carbocycles. The highest BCUT2D eigenvalue weighted by atomic mass is 32.2. The van der Waals surface area contributed by atoms with Gasteiger partial charge in [0.05, 0.1) is 16.1 Å². The smallest absolute Gasteiger partial charge is 0.234 e. The molecule has 2 unspecified atom stereocenters. The number of carbonyl (C=O) groups excluding carboxylic acids is 1. The lowest BCUT2D eigenvalue weighted by Gasteiger charge is -2.26. The fraction of sp³-hybridized carbons (Fsp3) is 0.467. The van der Waals surface area contributed by atoms with E-state index >= 15 is 0 Å². The van der Waals surface area contributed by atoms with Crippen LogP contribution in [0.3, 0.4) is 0 Å². The molecule has 2 bridgehead atoms. The molecule has 0 radical (unpaired) electrons. The first-order chi connectivity index (χ1) is 11.1. The third kappa shape index (κ3) is 2.37. The van der Waals surface area contributed by atoms with E-state index in [0.717, 1.165) is 0 Å². The summed E-state index contributed by atoms with van der Waals surface area (Å²) >= 11 is 0. The lowest BCUT2D eigenvalue weighted by molar-refractivity contribution is 0.0904. The SMILES string of the molecule is O=C(c1cnc(-n2ccnc2)nc1)C1CC2CCC(C1)S2(=O)=O. The van der Waals surface area contributed by atoms with Crippen LogP contribution in [0.4, 0.5) is 0 Å². The maximum atomic E-state index is 12.6. The van der Waals surface area contributed by atoms with E-state index in [1.54, 1.807) is 23.3 Å². The Morgan fingerprint density at radius 2 is 1.78 bits per heavy atom.